The van der Waals surface area contributed by atoms with Gasteiger partial charge in [-0.3, -0.25) is 9.59 Å². The Labute approximate surface area is 107 Å². The van der Waals surface area contributed by atoms with Gasteiger partial charge in [-0.25, -0.2) is 0 Å². The van der Waals surface area contributed by atoms with Gasteiger partial charge in [0.15, 0.2) is 0 Å². The van der Waals surface area contributed by atoms with Crippen LogP contribution in [-0.4, -0.2) is 29.8 Å². The predicted octanol–water partition coefficient (Wildman–Crippen LogP) is 1.10. The summed E-state index contributed by atoms with van der Waals surface area (Å²) in [6.07, 6.45) is 1.30. The summed E-state index contributed by atoms with van der Waals surface area (Å²) in [5, 5.41) is 2.65. The molecule has 18 heavy (non-hydrogen) atoms. The number of carbonyl (C=O) groups is 2. The summed E-state index contributed by atoms with van der Waals surface area (Å²) in [6, 6.07) is 8.23. The Kier molecular flexibility index (Phi) is 3.97. The Hall–Kier alpha value is -1.84. The van der Waals surface area contributed by atoms with E-state index in [1.165, 1.54) is 18.1 Å². The van der Waals surface area contributed by atoms with E-state index in [-0.39, 0.29) is 11.8 Å². The van der Waals surface area contributed by atoms with Crippen LogP contribution in [0.15, 0.2) is 24.3 Å². The monoisotopic (exact) mass is 246 g/mol. The largest absolute Gasteiger partial charge is 0.356 e. The molecule has 0 unspecified atom stereocenters. The van der Waals surface area contributed by atoms with E-state index in [2.05, 4.69) is 17.4 Å². The minimum absolute atomic E-state index is 0.0909. The molecule has 0 radical (unpaired) electrons. The summed E-state index contributed by atoms with van der Waals surface area (Å²) in [4.78, 5) is 24.6. The summed E-state index contributed by atoms with van der Waals surface area (Å²) in [5.74, 6) is 0.0186. The average molecular weight is 246 g/mol. The molecule has 1 heterocycles. The van der Waals surface area contributed by atoms with Crippen LogP contribution < -0.4 is 5.32 Å². The fourth-order valence-corrected chi connectivity index (χ4v) is 2.21. The van der Waals surface area contributed by atoms with Crippen molar-refractivity contribution in [1.82, 2.24) is 10.2 Å². The summed E-state index contributed by atoms with van der Waals surface area (Å²) in [6.45, 7) is 3.35. The molecule has 2 amide bonds. The molecule has 1 aromatic carbocycles. The molecule has 1 aliphatic rings. The molecule has 2 rings (SSSR count). The first-order valence-electron chi connectivity index (χ1n) is 6.26. The Balaban J connectivity index is 1.88. The lowest BCUT2D eigenvalue weighted by molar-refractivity contribution is -0.132. The SMILES string of the molecule is CC(=O)NCCC(=O)N1CCc2ccccc2C1. The van der Waals surface area contributed by atoms with E-state index in [1.54, 1.807) is 0 Å². The average Bonchev–Trinajstić information content (AvgIpc) is 2.37. The van der Waals surface area contributed by atoms with E-state index < -0.39 is 0 Å². The number of benzene rings is 1. The number of hydrogen-bond donors (Lipinski definition) is 1. The van der Waals surface area contributed by atoms with Gasteiger partial charge in [-0.1, -0.05) is 24.3 Å². The molecule has 1 aliphatic heterocycles. The number of hydrogen-bond acceptors (Lipinski definition) is 2. The topological polar surface area (TPSA) is 49.4 Å². The zero-order chi connectivity index (χ0) is 13.0. The maximum absolute atomic E-state index is 12.0. The zero-order valence-electron chi connectivity index (χ0n) is 10.6. The van der Waals surface area contributed by atoms with Crippen molar-refractivity contribution >= 4 is 11.8 Å². The Morgan fingerprint density at radius 2 is 2.00 bits per heavy atom. The van der Waals surface area contributed by atoms with Crippen molar-refractivity contribution in [1.29, 1.82) is 0 Å². The second-order valence-electron chi connectivity index (χ2n) is 4.57. The van der Waals surface area contributed by atoms with Crippen LogP contribution >= 0.6 is 0 Å². The van der Waals surface area contributed by atoms with Crippen LogP contribution in [0, 0.1) is 0 Å². The highest BCUT2D eigenvalue weighted by Crippen LogP contribution is 2.18. The number of fused-ring (bicyclic) bond motifs is 1. The normalized spacial score (nSPS) is 13.9. The lowest BCUT2D eigenvalue weighted by atomic mass is 10.00. The number of nitrogens with zero attached hydrogens (tertiary/aromatic N) is 1. The molecule has 0 atom stereocenters. The molecule has 0 aliphatic carbocycles. The van der Waals surface area contributed by atoms with E-state index in [9.17, 15) is 9.59 Å². The van der Waals surface area contributed by atoms with Gasteiger partial charge >= 0.3 is 0 Å². The molecule has 0 spiro atoms. The molecule has 4 nitrogen and oxygen atoms in total. The van der Waals surface area contributed by atoms with Gasteiger partial charge in [0.1, 0.15) is 0 Å². The van der Waals surface area contributed by atoms with Crippen molar-refractivity contribution < 1.29 is 9.59 Å². The molecule has 0 saturated heterocycles. The standard InChI is InChI=1S/C14H18N2O2/c1-11(17)15-8-6-14(18)16-9-7-12-4-2-3-5-13(12)10-16/h2-5H,6-10H2,1H3,(H,15,17). The van der Waals surface area contributed by atoms with Crippen molar-refractivity contribution in [3.8, 4) is 0 Å². The van der Waals surface area contributed by atoms with E-state index in [4.69, 9.17) is 0 Å². The quantitative estimate of drug-likeness (QED) is 0.868. The highest BCUT2D eigenvalue weighted by atomic mass is 16.2. The van der Waals surface area contributed by atoms with Gasteiger partial charge in [0.05, 0.1) is 0 Å². The van der Waals surface area contributed by atoms with Gasteiger partial charge in [-0.2, -0.15) is 0 Å². The number of rotatable bonds is 3. The van der Waals surface area contributed by atoms with Crippen LogP contribution in [0.1, 0.15) is 24.5 Å². The highest BCUT2D eigenvalue weighted by molar-refractivity contribution is 5.78. The summed E-state index contributed by atoms with van der Waals surface area (Å²) in [7, 11) is 0. The first-order chi connectivity index (χ1) is 8.66. The van der Waals surface area contributed by atoms with Crippen molar-refractivity contribution in [2.45, 2.75) is 26.3 Å². The molecule has 0 saturated carbocycles. The van der Waals surface area contributed by atoms with Crippen molar-refractivity contribution in [3.05, 3.63) is 35.4 Å². The van der Waals surface area contributed by atoms with Crippen LogP contribution in [0.3, 0.4) is 0 Å². The maximum atomic E-state index is 12.0. The summed E-state index contributed by atoms with van der Waals surface area (Å²) >= 11 is 0. The fourth-order valence-electron chi connectivity index (χ4n) is 2.21. The molecule has 96 valence electrons. The van der Waals surface area contributed by atoms with Gasteiger partial charge in [0, 0.05) is 33.0 Å². The summed E-state index contributed by atoms with van der Waals surface area (Å²) in [5.41, 5.74) is 2.57. The lowest BCUT2D eigenvalue weighted by Crippen LogP contribution is -2.37. The van der Waals surface area contributed by atoms with Gasteiger partial charge < -0.3 is 10.2 Å². The number of amides is 2. The Bertz CT molecular complexity index is 457. The van der Waals surface area contributed by atoms with Crippen molar-refractivity contribution in [2.75, 3.05) is 13.1 Å². The molecule has 1 N–H and O–H groups in total. The maximum Gasteiger partial charge on any atom is 0.224 e. The molecule has 0 fully saturated rings. The molecular weight excluding hydrogens is 228 g/mol. The van der Waals surface area contributed by atoms with Gasteiger partial charge in [0.25, 0.3) is 0 Å². The molecule has 4 heteroatoms. The summed E-state index contributed by atoms with van der Waals surface area (Å²) < 4.78 is 0. The lowest BCUT2D eigenvalue weighted by Gasteiger charge is -2.29. The minimum atomic E-state index is -0.0909. The van der Waals surface area contributed by atoms with Gasteiger partial charge in [-0.15, -0.1) is 0 Å². The molecule has 0 aromatic heterocycles. The number of nitrogens with one attached hydrogen (secondary N) is 1. The van der Waals surface area contributed by atoms with Gasteiger partial charge in [0.2, 0.25) is 11.8 Å². The van der Waals surface area contributed by atoms with E-state index in [0.717, 1.165) is 13.0 Å². The molecule has 1 aromatic rings. The van der Waals surface area contributed by atoms with Crippen LogP contribution in [0.5, 0.6) is 0 Å². The second-order valence-corrected chi connectivity index (χ2v) is 4.57. The van der Waals surface area contributed by atoms with E-state index in [0.29, 0.717) is 19.5 Å². The predicted molar refractivity (Wildman–Crippen MR) is 68.9 cm³/mol. The third kappa shape index (κ3) is 3.09. The third-order valence-corrected chi connectivity index (χ3v) is 3.20. The molecular formula is C14H18N2O2. The zero-order valence-corrected chi connectivity index (χ0v) is 10.6. The van der Waals surface area contributed by atoms with Crippen LogP contribution in [0.4, 0.5) is 0 Å². The van der Waals surface area contributed by atoms with Crippen LogP contribution in [-0.2, 0) is 22.6 Å². The third-order valence-electron chi connectivity index (χ3n) is 3.20. The second kappa shape index (κ2) is 5.67. The van der Waals surface area contributed by atoms with Crippen molar-refractivity contribution in [2.24, 2.45) is 0 Å². The van der Waals surface area contributed by atoms with Crippen LogP contribution in [0.25, 0.3) is 0 Å². The van der Waals surface area contributed by atoms with E-state index >= 15 is 0 Å². The van der Waals surface area contributed by atoms with Crippen LogP contribution in [0.2, 0.25) is 0 Å². The Morgan fingerprint density at radius 3 is 2.72 bits per heavy atom. The first kappa shape index (κ1) is 12.6. The molecule has 0 bridgehead atoms. The fraction of sp³-hybridized carbons (Fsp3) is 0.429. The smallest absolute Gasteiger partial charge is 0.224 e. The first-order valence-corrected chi connectivity index (χ1v) is 6.26. The van der Waals surface area contributed by atoms with Gasteiger partial charge in [-0.05, 0) is 17.5 Å². The highest BCUT2D eigenvalue weighted by Gasteiger charge is 2.19. The number of carbonyl (C=O) groups excluding carboxylic acids is 2. The Morgan fingerprint density at radius 1 is 1.28 bits per heavy atom. The van der Waals surface area contributed by atoms with Crippen molar-refractivity contribution in [3.63, 3.8) is 0 Å². The minimum Gasteiger partial charge on any atom is -0.356 e. The van der Waals surface area contributed by atoms with E-state index in [1.807, 2.05) is 17.0 Å².